The molecule has 1 aliphatic rings. The Labute approximate surface area is 176 Å². The lowest BCUT2D eigenvalue weighted by Gasteiger charge is -2.27. The van der Waals surface area contributed by atoms with E-state index in [1.54, 1.807) is 12.1 Å². The van der Waals surface area contributed by atoms with Crippen LogP contribution in [-0.4, -0.2) is 24.5 Å². The monoisotopic (exact) mass is 490 g/mol. The molecule has 1 aliphatic heterocycles. The van der Waals surface area contributed by atoms with Crippen LogP contribution in [0.1, 0.15) is 23.6 Å². The molecule has 2 aromatic carbocycles. The van der Waals surface area contributed by atoms with E-state index in [4.69, 9.17) is 4.74 Å². The van der Waals surface area contributed by atoms with E-state index in [1.165, 1.54) is 6.08 Å². The van der Waals surface area contributed by atoms with E-state index in [1.807, 2.05) is 45.0 Å². The molecule has 0 radical (unpaired) electrons. The first-order valence-electron chi connectivity index (χ1n) is 8.72. The second-order valence-corrected chi connectivity index (χ2v) is 7.65. The molecule has 4 amide bonds. The van der Waals surface area contributed by atoms with Crippen LogP contribution in [0.3, 0.4) is 0 Å². The van der Waals surface area contributed by atoms with Gasteiger partial charge in [0, 0.05) is 3.57 Å². The zero-order chi connectivity index (χ0) is 20.4. The number of imide groups is 2. The third kappa shape index (κ3) is 4.09. The number of aryl methyl sites for hydroxylation is 2. The Kier molecular flexibility index (Phi) is 5.83. The van der Waals surface area contributed by atoms with Gasteiger partial charge in [0.15, 0.2) is 0 Å². The molecular weight excluding hydrogens is 471 g/mol. The molecule has 0 saturated carbocycles. The van der Waals surface area contributed by atoms with Gasteiger partial charge in [-0.25, -0.2) is 9.69 Å². The standard InChI is InChI=1S/C21H19IN2O4/c1-4-28-16-9-14(8-15(22)11-16)10-17-19(25)23-21(27)24(20(17)26)18-7-12(2)5-6-13(18)3/h5-11H,4H2,1-3H3,(H,23,25,27)/b17-10+. The smallest absolute Gasteiger partial charge is 0.335 e. The van der Waals surface area contributed by atoms with Crippen molar-refractivity contribution in [3.8, 4) is 5.75 Å². The minimum atomic E-state index is -0.751. The summed E-state index contributed by atoms with van der Waals surface area (Å²) in [5.41, 5.74) is 2.66. The quantitative estimate of drug-likeness (QED) is 0.400. The van der Waals surface area contributed by atoms with Crippen molar-refractivity contribution in [1.29, 1.82) is 0 Å². The predicted octanol–water partition coefficient (Wildman–Crippen LogP) is 3.97. The molecule has 0 spiro atoms. The van der Waals surface area contributed by atoms with Gasteiger partial charge in [0.05, 0.1) is 12.3 Å². The summed E-state index contributed by atoms with van der Waals surface area (Å²) in [5, 5.41) is 2.26. The van der Waals surface area contributed by atoms with Crippen LogP contribution in [0.4, 0.5) is 10.5 Å². The fraction of sp³-hybridized carbons (Fsp3) is 0.190. The third-order valence-corrected chi connectivity index (χ3v) is 4.85. The van der Waals surface area contributed by atoms with E-state index in [2.05, 4.69) is 27.9 Å². The molecular formula is C21H19IN2O4. The summed E-state index contributed by atoms with van der Waals surface area (Å²) in [7, 11) is 0. The van der Waals surface area contributed by atoms with Gasteiger partial charge in [-0.2, -0.15) is 0 Å². The normalized spacial score (nSPS) is 15.8. The van der Waals surface area contributed by atoms with Crippen LogP contribution < -0.4 is 15.0 Å². The number of hydrogen-bond donors (Lipinski definition) is 1. The average Bonchev–Trinajstić information content (AvgIpc) is 2.61. The molecule has 0 aromatic heterocycles. The number of amides is 4. The highest BCUT2D eigenvalue weighted by Gasteiger charge is 2.37. The Balaban J connectivity index is 2.05. The van der Waals surface area contributed by atoms with E-state index in [-0.39, 0.29) is 5.57 Å². The number of nitrogens with zero attached hydrogens (tertiary/aromatic N) is 1. The lowest BCUT2D eigenvalue weighted by Crippen LogP contribution is -2.54. The molecule has 7 heteroatoms. The number of barbiturate groups is 1. The zero-order valence-corrected chi connectivity index (χ0v) is 17.9. The summed E-state index contributed by atoms with van der Waals surface area (Å²) < 4.78 is 6.43. The Bertz CT molecular complexity index is 1010. The van der Waals surface area contributed by atoms with Crippen molar-refractivity contribution in [1.82, 2.24) is 5.32 Å². The first-order valence-corrected chi connectivity index (χ1v) is 9.80. The van der Waals surface area contributed by atoms with Crippen LogP contribution >= 0.6 is 22.6 Å². The van der Waals surface area contributed by atoms with Crippen LogP contribution in [0.2, 0.25) is 0 Å². The van der Waals surface area contributed by atoms with Crippen LogP contribution in [0.25, 0.3) is 6.08 Å². The highest BCUT2D eigenvalue weighted by atomic mass is 127. The molecule has 2 aromatic rings. The van der Waals surface area contributed by atoms with Gasteiger partial charge >= 0.3 is 6.03 Å². The van der Waals surface area contributed by atoms with Crippen molar-refractivity contribution >= 4 is 52.2 Å². The lowest BCUT2D eigenvalue weighted by atomic mass is 10.0. The fourth-order valence-corrected chi connectivity index (χ4v) is 3.59. The fourth-order valence-electron chi connectivity index (χ4n) is 2.92. The molecule has 1 heterocycles. The number of anilines is 1. The van der Waals surface area contributed by atoms with Crippen molar-refractivity contribution in [2.45, 2.75) is 20.8 Å². The number of halogens is 1. The maximum absolute atomic E-state index is 13.1. The van der Waals surface area contributed by atoms with Crippen molar-refractivity contribution in [3.05, 3.63) is 62.2 Å². The molecule has 0 atom stereocenters. The van der Waals surface area contributed by atoms with Gasteiger partial charge in [-0.15, -0.1) is 0 Å². The second-order valence-electron chi connectivity index (χ2n) is 6.40. The van der Waals surface area contributed by atoms with Gasteiger partial charge in [-0.05, 0) is 90.4 Å². The minimum Gasteiger partial charge on any atom is -0.494 e. The van der Waals surface area contributed by atoms with E-state index in [0.29, 0.717) is 23.6 Å². The van der Waals surface area contributed by atoms with Gasteiger partial charge in [-0.1, -0.05) is 12.1 Å². The number of carbonyl (C=O) groups is 3. The summed E-state index contributed by atoms with van der Waals surface area (Å²) in [6, 6.07) is 10.2. The van der Waals surface area contributed by atoms with Gasteiger partial charge in [-0.3, -0.25) is 14.9 Å². The molecule has 0 bridgehead atoms. The first-order chi connectivity index (χ1) is 13.3. The third-order valence-electron chi connectivity index (χ3n) is 4.22. The minimum absolute atomic E-state index is 0.107. The van der Waals surface area contributed by atoms with Crippen LogP contribution in [-0.2, 0) is 9.59 Å². The molecule has 0 aliphatic carbocycles. The van der Waals surface area contributed by atoms with Gasteiger partial charge in [0.25, 0.3) is 11.8 Å². The number of hydrogen-bond acceptors (Lipinski definition) is 4. The largest absolute Gasteiger partial charge is 0.494 e. The van der Waals surface area contributed by atoms with Crippen molar-refractivity contribution in [2.24, 2.45) is 0 Å². The van der Waals surface area contributed by atoms with Crippen LogP contribution in [0.15, 0.2) is 42.0 Å². The van der Waals surface area contributed by atoms with Gasteiger partial charge in [0.1, 0.15) is 11.3 Å². The van der Waals surface area contributed by atoms with Crippen LogP contribution in [0, 0.1) is 17.4 Å². The van der Waals surface area contributed by atoms with Crippen molar-refractivity contribution in [3.63, 3.8) is 0 Å². The van der Waals surface area contributed by atoms with E-state index in [9.17, 15) is 14.4 Å². The SMILES string of the molecule is CCOc1cc(I)cc(/C=C2\C(=O)NC(=O)N(c3cc(C)ccc3C)C2=O)c1. The lowest BCUT2D eigenvalue weighted by molar-refractivity contribution is -0.122. The summed E-state index contributed by atoms with van der Waals surface area (Å²) >= 11 is 2.14. The molecule has 3 rings (SSSR count). The molecule has 1 saturated heterocycles. The Morgan fingerprint density at radius 3 is 2.57 bits per heavy atom. The van der Waals surface area contributed by atoms with Gasteiger partial charge < -0.3 is 4.74 Å². The number of benzene rings is 2. The molecule has 0 unspecified atom stereocenters. The molecule has 6 nitrogen and oxygen atoms in total. The summed E-state index contributed by atoms with van der Waals surface area (Å²) in [4.78, 5) is 38.8. The highest BCUT2D eigenvalue weighted by molar-refractivity contribution is 14.1. The molecule has 28 heavy (non-hydrogen) atoms. The number of rotatable bonds is 4. The van der Waals surface area contributed by atoms with Gasteiger partial charge in [0.2, 0.25) is 0 Å². The Morgan fingerprint density at radius 1 is 1.11 bits per heavy atom. The highest BCUT2D eigenvalue weighted by Crippen LogP contribution is 2.27. The summed E-state index contributed by atoms with van der Waals surface area (Å²) in [5.74, 6) is -0.722. The maximum Gasteiger partial charge on any atom is 0.335 e. The second kappa shape index (κ2) is 8.14. The molecule has 1 N–H and O–H groups in total. The Morgan fingerprint density at radius 2 is 1.86 bits per heavy atom. The zero-order valence-electron chi connectivity index (χ0n) is 15.7. The topological polar surface area (TPSA) is 75.7 Å². The number of urea groups is 1. The van der Waals surface area contributed by atoms with Crippen molar-refractivity contribution < 1.29 is 19.1 Å². The summed E-state index contributed by atoms with van der Waals surface area (Å²) in [6.45, 7) is 6.07. The number of nitrogens with one attached hydrogen (secondary N) is 1. The summed E-state index contributed by atoms with van der Waals surface area (Å²) in [6.07, 6.45) is 1.48. The average molecular weight is 490 g/mol. The van der Waals surface area contributed by atoms with E-state index in [0.717, 1.165) is 19.6 Å². The number of ether oxygens (including phenoxy) is 1. The molecule has 144 valence electrons. The van der Waals surface area contributed by atoms with Crippen LogP contribution in [0.5, 0.6) is 5.75 Å². The predicted molar refractivity (Wildman–Crippen MR) is 115 cm³/mol. The first kappa shape index (κ1) is 20.1. The molecule has 1 fully saturated rings. The van der Waals surface area contributed by atoms with E-state index >= 15 is 0 Å². The van der Waals surface area contributed by atoms with Crippen molar-refractivity contribution in [2.75, 3.05) is 11.5 Å². The Hall–Kier alpha value is -2.68. The number of carbonyl (C=O) groups excluding carboxylic acids is 3. The maximum atomic E-state index is 13.1. The van der Waals surface area contributed by atoms with E-state index < -0.39 is 17.8 Å².